The van der Waals surface area contributed by atoms with Crippen LogP contribution in [0.4, 0.5) is 5.69 Å². The number of carbonyl (C=O) groups excluding carboxylic acids is 1. The first kappa shape index (κ1) is 15.0. The highest BCUT2D eigenvalue weighted by atomic mass is 16.2. The van der Waals surface area contributed by atoms with Gasteiger partial charge in [-0.2, -0.15) is 5.26 Å². The van der Waals surface area contributed by atoms with E-state index in [0.717, 1.165) is 12.1 Å². The average Bonchev–Trinajstić information content (AvgIpc) is 2.44. The molecule has 0 radical (unpaired) electrons. The number of hydrogen-bond donors (Lipinski definition) is 0. The third-order valence-corrected chi connectivity index (χ3v) is 3.14. The fraction of sp³-hybridized carbons (Fsp3) is 0.467. The van der Waals surface area contributed by atoms with Crippen molar-refractivity contribution in [1.29, 1.82) is 5.26 Å². The number of nitriles is 1. The maximum absolute atomic E-state index is 11.9. The summed E-state index contributed by atoms with van der Waals surface area (Å²) < 4.78 is 0. The molecule has 0 unspecified atom stereocenters. The Morgan fingerprint density at radius 3 is 2.42 bits per heavy atom. The number of aryl methyl sites for hydroxylation is 1. The van der Waals surface area contributed by atoms with Crippen LogP contribution in [0.1, 0.15) is 18.9 Å². The maximum atomic E-state index is 11.9. The predicted molar refractivity (Wildman–Crippen MR) is 77.0 cm³/mol. The summed E-state index contributed by atoms with van der Waals surface area (Å²) in [4.78, 5) is 15.4. The van der Waals surface area contributed by atoms with Crippen LogP contribution in [0, 0.1) is 11.3 Å². The monoisotopic (exact) mass is 259 g/mol. The largest absolute Gasteiger partial charge is 0.365 e. The molecule has 0 aromatic heterocycles. The van der Waals surface area contributed by atoms with E-state index in [2.05, 4.69) is 19.1 Å². The van der Waals surface area contributed by atoms with E-state index in [-0.39, 0.29) is 5.91 Å². The summed E-state index contributed by atoms with van der Waals surface area (Å²) >= 11 is 0. The zero-order chi connectivity index (χ0) is 14.3. The molecule has 19 heavy (non-hydrogen) atoms. The molecule has 102 valence electrons. The number of nitrogens with zero attached hydrogens (tertiary/aromatic N) is 3. The van der Waals surface area contributed by atoms with E-state index < -0.39 is 0 Å². The van der Waals surface area contributed by atoms with Gasteiger partial charge in [-0.15, -0.1) is 0 Å². The highest BCUT2D eigenvalue weighted by molar-refractivity contribution is 5.81. The van der Waals surface area contributed by atoms with Crippen LogP contribution in [-0.2, 0) is 11.2 Å². The molecule has 1 aromatic rings. The number of benzene rings is 1. The lowest BCUT2D eigenvalue weighted by Gasteiger charge is -2.23. The zero-order valence-electron chi connectivity index (χ0n) is 11.9. The third kappa shape index (κ3) is 4.63. The van der Waals surface area contributed by atoms with Gasteiger partial charge in [0, 0.05) is 26.3 Å². The van der Waals surface area contributed by atoms with Crippen LogP contribution in [0.5, 0.6) is 0 Å². The number of rotatable bonds is 6. The predicted octanol–water partition coefficient (Wildman–Crippen LogP) is 2.06. The Morgan fingerprint density at radius 1 is 1.26 bits per heavy atom. The molecule has 0 spiro atoms. The lowest BCUT2D eigenvalue weighted by molar-refractivity contribution is -0.128. The van der Waals surface area contributed by atoms with Gasteiger partial charge >= 0.3 is 0 Å². The summed E-state index contributed by atoms with van der Waals surface area (Å²) in [6, 6.07) is 10.3. The second-order valence-corrected chi connectivity index (χ2v) is 4.60. The first-order valence-corrected chi connectivity index (χ1v) is 6.49. The minimum Gasteiger partial charge on any atom is -0.365 e. The summed E-state index contributed by atoms with van der Waals surface area (Å²) in [7, 11) is 3.63. The molecule has 0 bridgehead atoms. The normalized spacial score (nSPS) is 9.79. The Morgan fingerprint density at radius 2 is 1.89 bits per heavy atom. The van der Waals surface area contributed by atoms with E-state index in [1.165, 1.54) is 5.56 Å². The van der Waals surface area contributed by atoms with Crippen molar-refractivity contribution in [3.05, 3.63) is 29.8 Å². The van der Waals surface area contributed by atoms with E-state index >= 15 is 0 Å². The molecule has 4 heteroatoms. The number of likely N-dealkylation sites (N-methyl/N-ethyl adjacent to an activating group) is 2. The van der Waals surface area contributed by atoms with Gasteiger partial charge in [-0.05, 0) is 24.1 Å². The summed E-state index contributed by atoms with van der Waals surface area (Å²) in [5.41, 5.74) is 2.31. The van der Waals surface area contributed by atoms with E-state index in [1.54, 1.807) is 11.9 Å². The SMILES string of the molecule is CCc1ccc(N(C)CC(=O)N(C)CCC#N)cc1. The van der Waals surface area contributed by atoms with Crippen LogP contribution in [0.3, 0.4) is 0 Å². The van der Waals surface area contributed by atoms with Gasteiger partial charge < -0.3 is 9.80 Å². The Bertz CT molecular complexity index is 447. The standard InChI is InChI=1S/C15H21N3O/c1-4-13-6-8-14(9-7-13)18(3)12-15(19)17(2)11-5-10-16/h6-9H,4-5,11-12H2,1-3H3. The Hall–Kier alpha value is -2.02. The Balaban J connectivity index is 2.55. The van der Waals surface area contributed by atoms with Crippen molar-refractivity contribution < 1.29 is 4.79 Å². The van der Waals surface area contributed by atoms with Crippen molar-refractivity contribution >= 4 is 11.6 Å². The van der Waals surface area contributed by atoms with Crippen LogP contribution in [-0.4, -0.2) is 38.0 Å². The molecular formula is C15H21N3O. The molecule has 0 atom stereocenters. The topological polar surface area (TPSA) is 47.3 Å². The Labute approximate surface area is 115 Å². The summed E-state index contributed by atoms with van der Waals surface area (Å²) in [6.45, 7) is 2.93. The highest BCUT2D eigenvalue weighted by Gasteiger charge is 2.11. The zero-order valence-corrected chi connectivity index (χ0v) is 11.9. The number of amides is 1. The highest BCUT2D eigenvalue weighted by Crippen LogP contribution is 2.14. The van der Waals surface area contributed by atoms with E-state index in [9.17, 15) is 4.79 Å². The molecule has 0 aliphatic rings. The van der Waals surface area contributed by atoms with Crippen molar-refractivity contribution in [3.63, 3.8) is 0 Å². The third-order valence-electron chi connectivity index (χ3n) is 3.14. The summed E-state index contributed by atoms with van der Waals surface area (Å²) in [6.07, 6.45) is 1.39. The molecule has 0 N–H and O–H groups in total. The van der Waals surface area contributed by atoms with Gasteiger partial charge in [0.15, 0.2) is 0 Å². The minimum absolute atomic E-state index is 0.0253. The van der Waals surface area contributed by atoms with Crippen molar-refractivity contribution in [2.75, 3.05) is 32.1 Å². The fourth-order valence-electron chi connectivity index (χ4n) is 1.74. The second-order valence-electron chi connectivity index (χ2n) is 4.60. The number of carbonyl (C=O) groups is 1. The lowest BCUT2D eigenvalue weighted by Crippen LogP contribution is -2.37. The van der Waals surface area contributed by atoms with Crippen LogP contribution < -0.4 is 4.90 Å². The first-order valence-electron chi connectivity index (χ1n) is 6.49. The summed E-state index contributed by atoms with van der Waals surface area (Å²) in [5.74, 6) is 0.0253. The van der Waals surface area contributed by atoms with Gasteiger partial charge in [0.05, 0.1) is 19.0 Å². The van der Waals surface area contributed by atoms with E-state index in [4.69, 9.17) is 5.26 Å². The first-order chi connectivity index (χ1) is 9.08. The summed E-state index contributed by atoms with van der Waals surface area (Å²) in [5, 5.41) is 8.51. The van der Waals surface area contributed by atoms with Gasteiger partial charge in [-0.3, -0.25) is 4.79 Å². The second kappa shape index (κ2) is 7.42. The van der Waals surface area contributed by atoms with Gasteiger partial charge in [0.1, 0.15) is 0 Å². The van der Waals surface area contributed by atoms with Crippen LogP contribution in [0.2, 0.25) is 0 Å². The minimum atomic E-state index is 0.0253. The van der Waals surface area contributed by atoms with Crippen molar-refractivity contribution in [2.45, 2.75) is 19.8 Å². The number of hydrogen-bond acceptors (Lipinski definition) is 3. The van der Waals surface area contributed by atoms with Crippen molar-refractivity contribution in [3.8, 4) is 6.07 Å². The maximum Gasteiger partial charge on any atom is 0.241 e. The van der Waals surface area contributed by atoms with Gasteiger partial charge in [-0.1, -0.05) is 19.1 Å². The molecule has 0 heterocycles. The molecule has 1 rings (SSSR count). The van der Waals surface area contributed by atoms with Crippen LogP contribution >= 0.6 is 0 Å². The quantitative estimate of drug-likeness (QED) is 0.785. The molecule has 1 amide bonds. The van der Waals surface area contributed by atoms with E-state index in [0.29, 0.717) is 19.5 Å². The lowest BCUT2D eigenvalue weighted by atomic mass is 10.1. The van der Waals surface area contributed by atoms with Gasteiger partial charge in [0.2, 0.25) is 5.91 Å². The van der Waals surface area contributed by atoms with E-state index in [1.807, 2.05) is 30.1 Å². The molecule has 0 saturated carbocycles. The average molecular weight is 259 g/mol. The molecule has 0 saturated heterocycles. The molecule has 4 nitrogen and oxygen atoms in total. The molecule has 1 aromatic carbocycles. The van der Waals surface area contributed by atoms with Gasteiger partial charge in [0.25, 0.3) is 0 Å². The molecule has 0 fully saturated rings. The fourth-order valence-corrected chi connectivity index (χ4v) is 1.74. The molecule has 0 aliphatic carbocycles. The van der Waals surface area contributed by atoms with Crippen molar-refractivity contribution in [1.82, 2.24) is 4.90 Å². The van der Waals surface area contributed by atoms with Crippen LogP contribution in [0.15, 0.2) is 24.3 Å². The molecule has 0 aliphatic heterocycles. The smallest absolute Gasteiger partial charge is 0.241 e. The number of anilines is 1. The van der Waals surface area contributed by atoms with Crippen LogP contribution in [0.25, 0.3) is 0 Å². The Kier molecular flexibility index (Phi) is 5.87. The molecular weight excluding hydrogens is 238 g/mol. The van der Waals surface area contributed by atoms with Crippen molar-refractivity contribution in [2.24, 2.45) is 0 Å². The van der Waals surface area contributed by atoms with Gasteiger partial charge in [-0.25, -0.2) is 0 Å².